The number of nitrogens with two attached hydrogens (primary N) is 2. The van der Waals surface area contributed by atoms with Crippen LogP contribution in [0, 0.1) is 11.6 Å². The molecule has 8 rings (SSSR count). The first-order valence-corrected chi connectivity index (χ1v) is 20.3. The van der Waals surface area contributed by atoms with Crippen molar-refractivity contribution in [3.8, 4) is 0 Å². The highest BCUT2D eigenvalue weighted by atomic mass is 35.5. The first kappa shape index (κ1) is 41.5. The largest absolute Gasteiger partial charge is 0.444 e. The Morgan fingerprint density at radius 1 is 0.732 bits per heavy atom. The zero-order valence-electron chi connectivity index (χ0n) is 32.9. The third kappa shape index (κ3) is 8.42. The summed E-state index contributed by atoms with van der Waals surface area (Å²) in [6.07, 6.45) is 13.6. The first-order valence-electron chi connectivity index (χ1n) is 20.3. The summed E-state index contributed by atoms with van der Waals surface area (Å²) in [4.78, 5) is 45.1. The summed E-state index contributed by atoms with van der Waals surface area (Å²) in [5.41, 5.74) is 18.4. The number of rotatable bonds is 4. The summed E-state index contributed by atoms with van der Waals surface area (Å²) < 4.78 is 36.1. The van der Waals surface area contributed by atoms with E-state index in [1.54, 1.807) is 4.90 Å². The predicted molar refractivity (Wildman–Crippen MR) is 218 cm³/mol. The molecule has 2 aliphatic carbocycles. The van der Waals surface area contributed by atoms with E-state index in [0.717, 1.165) is 130 Å². The molecule has 2 aliphatic heterocycles. The van der Waals surface area contributed by atoms with E-state index in [0.29, 0.717) is 24.2 Å². The number of nitrogens with zero attached hydrogens (tertiary/aromatic N) is 1. The van der Waals surface area contributed by atoms with Crippen LogP contribution in [-0.4, -0.2) is 64.6 Å². The number of ether oxygens (including phenoxy) is 1. The number of aromatic amines is 2. The molecule has 2 saturated heterocycles. The number of hydrogen-bond donors (Lipinski definition) is 5. The molecule has 304 valence electrons. The van der Waals surface area contributed by atoms with Crippen LogP contribution < -0.4 is 16.8 Å². The SMILES string of the molecule is CC(C)(C)OC(=O)N1CCCC(c2c(F)cc(C(N)=O)c3[nH]c4c(c23)CCCCC4)C1.Cl.NC(=O)c1cc(F)c(C2CCCNC2)c2c3c([nH]c12)CCCCC3. The maximum absolute atomic E-state index is 15.5. The Hall–Kier alpha value is -4.16. The van der Waals surface area contributed by atoms with E-state index >= 15 is 8.78 Å². The average Bonchev–Trinajstić information content (AvgIpc) is 3.45. The number of H-pyrrole nitrogens is 2. The molecule has 2 aromatic carbocycles. The Bertz CT molecular complexity index is 2110. The quantitative estimate of drug-likeness (QED) is 0.131. The molecule has 0 radical (unpaired) electrons. The normalized spacial score (nSPS) is 20.1. The minimum Gasteiger partial charge on any atom is -0.444 e. The third-order valence-electron chi connectivity index (χ3n) is 11.9. The van der Waals surface area contributed by atoms with Crippen LogP contribution in [0.15, 0.2) is 12.1 Å². The minimum absolute atomic E-state index is 0. The van der Waals surface area contributed by atoms with Crippen molar-refractivity contribution >= 4 is 52.1 Å². The lowest BCUT2D eigenvalue weighted by molar-refractivity contribution is 0.0197. The zero-order valence-corrected chi connectivity index (χ0v) is 33.8. The maximum atomic E-state index is 15.5. The van der Waals surface area contributed by atoms with E-state index < -0.39 is 23.2 Å². The smallest absolute Gasteiger partial charge is 0.410 e. The lowest BCUT2D eigenvalue weighted by atomic mass is 9.85. The highest BCUT2D eigenvalue weighted by Gasteiger charge is 2.34. The van der Waals surface area contributed by atoms with Crippen molar-refractivity contribution in [1.29, 1.82) is 0 Å². The Morgan fingerprint density at radius 3 is 1.71 bits per heavy atom. The van der Waals surface area contributed by atoms with Crippen molar-refractivity contribution in [2.45, 2.75) is 128 Å². The van der Waals surface area contributed by atoms with Crippen LogP contribution >= 0.6 is 12.4 Å². The molecular weight excluding hydrogens is 738 g/mol. The molecule has 4 aromatic rings. The molecular formula is C43H57ClF2N6O4. The van der Waals surface area contributed by atoms with Gasteiger partial charge in [0, 0.05) is 58.8 Å². The number of likely N-dealkylation sites (tertiary alicyclic amines) is 1. The Balaban J connectivity index is 0.000000192. The van der Waals surface area contributed by atoms with E-state index in [4.69, 9.17) is 16.2 Å². The molecule has 3 amide bonds. The van der Waals surface area contributed by atoms with Gasteiger partial charge in [0.05, 0.1) is 22.2 Å². The van der Waals surface area contributed by atoms with Crippen molar-refractivity contribution in [1.82, 2.24) is 20.2 Å². The molecule has 2 fully saturated rings. The van der Waals surface area contributed by atoms with Crippen LogP contribution in [0.1, 0.15) is 151 Å². The number of nitrogens with one attached hydrogen (secondary N) is 3. The maximum Gasteiger partial charge on any atom is 0.410 e. The van der Waals surface area contributed by atoms with Gasteiger partial charge in [-0.15, -0.1) is 12.4 Å². The van der Waals surface area contributed by atoms with E-state index in [2.05, 4.69) is 15.3 Å². The fourth-order valence-corrected chi connectivity index (χ4v) is 9.50. The number of amides is 3. The number of hydrogen-bond acceptors (Lipinski definition) is 5. The topological polar surface area (TPSA) is 159 Å². The van der Waals surface area contributed by atoms with Crippen molar-refractivity contribution in [3.63, 3.8) is 0 Å². The van der Waals surface area contributed by atoms with Crippen LogP contribution in [0.2, 0.25) is 0 Å². The fourth-order valence-electron chi connectivity index (χ4n) is 9.50. The number of fused-ring (bicyclic) bond motifs is 6. The van der Waals surface area contributed by atoms with Gasteiger partial charge in [-0.2, -0.15) is 0 Å². The van der Waals surface area contributed by atoms with Crippen molar-refractivity contribution < 1.29 is 27.9 Å². The molecule has 56 heavy (non-hydrogen) atoms. The minimum atomic E-state index is -0.633. The van der Waals surface area contributed by atoms with Crippen LogP contribution in [-0.2, 0) is 30.4 Å². The second-order valence-electron chi connectivity index (χ2n) is 17.0. The standard InChI is InChI=1S/C24H32FN3O3.C19H24FN3O.ClH/c1-24(2,3)31-23(30)28-11-7-8-14(13-28)19-17(25)12-16(22(26)29)21-20(19)15-9-5-4-6-10-18(15)27-21;20-14-9-13(19(21)24)18-17(16(14)11-5-4-8-22-10-11)12-6-2-1-3-7-15(12)23-18;/h12,14,27H,4-11,13H2,1-3H3,(H2,26,29);9,11,22-23H,1-8,10H2,(H2,21,24);1H. The molecule has 4 aliphatic rings. The molecule has 2 aromatic heterocycles. The second kappa shape index (κ2) is 17.1. The van der Waals surface area contributed by atoms with Gasteiger partial charge in [0.15, 0.2) is 0 Å². The number of halogens is 3. The van der Waals surface area contributed by atoms with E-state index in [1.807, 2.05) is 20.8 Å². The summed E-state index contributed by atoms with van der Waals surface area (Å²) in [5, 5.41) is 5.13. The summed E-state index contributed by atoms with van der Waals surface area (Å²) in [7, 11) is 0. The van der Waals surface area contributed by atoms with Crippen LogP contribution in [0.3, 0.4) is 0 Å². The number of aryl methyl sites for hydroxylation is 4. The molecule has 0 bridgehead atoms. The lowest BCUT2D eigenvalue weighted by Gasteiger charge is -2.35. The summed E-state index contributed by atoms with van der Waals surface area (Å²) in [6, 6.07) is 2.60. The highest BCUT2D eigenvalue weighted by molar-refractivity contribution is 6.08. The van der Waals surface area contributed by atoms with Gasteiger partial charge in [-0.05, 0) is 134 Å². The molecule has 0 saturated carbocycles. The third-order valence-corrected chi connectivity index (χ3v) is 11.9. The Morgan fingerprint density at radius 2 is 1.23 bits per heavy atom. The summed E-state index contributed by atoms with van der Waals surface area (Å²) in [5.74, 6) is -1.89. The molecule has 2 unspecified atom stereocenters. The van der Waals surface area contributed by atoms with Gasteiger partial charge in [-0.1, -0.05) is 12.8 Å². The van der Waals surface area contributed by atoms with Crippen LogP contribution in [0.5, 0.6) is 0 Å². The molecule has 0 spiro atoms. The number of aromatic nitrogens is 2. The molecule has 4 heterocycles. The highest BCUT2D eigenvalue weighted by Crippen LogP contribution is 2.41. The average molecular weight is 795 g/mol. The monoisotopic (exact) mass is 794 g/mol. The lowest BCUT2D eigenvalue weighted by Crippen LogP contribution is -2.42. The number of carbonyl (C=O) groups is 3. The molecule has 7 N–H and O–H groups in total. The van der Waals surface area contributed by atoms with Gasteiger partial charge in [0.1, 0.15) is 17.2 Å². The molecule has 2 atom stereocenters. The Kier molecular flexibility index (Phi) is 12.7. The van der Waals surface area contributed by atoms with Crippen LogP contribution in [0.25, 0.3) is 21.8 Å². The van der Waals surface area contributed by atoms with Gasteiger partial charge < -0.3 is 36.4 Å². The first-order chi connectivity index (χ1) is 26.3. The summed E-state index contributed by atoms with van der Waals surface area (Å²) >= 11 is 0. The predicted octanol–water partition coefficient (Wildman–Crippen LogP) is 8.35. The van der Waals surface area contributed by atoms with Crippen molar-refractivity contribution in [2.24, 2.45) is 11.5 Å². The zero-order chi connectivity index (χ0) is 39.0. The number of primary amides is 2. The number of benzene rings is 2. The molecule has 10 nitrogen and oxygen atoms in total. The van der Waals surface area contributed by atoms with E-state index in [-0.39, 0.29) is 47.3 Å². The van der Waals surface area contributed by atoms with Crippen LogP contribution in [0.4, 0.5) is 13.6 Å². The van der Waals surface area contributed by atoms with Gasteiger partial charge in [-0.3, -0.25) is 9.59 Å². The van der Waals surface area contributed by atoms with Gasteiger partial charge in [0.2, 0.25) is 0 Å². The van der Waals surface area contributed by atoms with Gasteiger partial charge in [-0.25, -0.2) is 13.6 Å². The molecule has 13 heteroatoms. The Labute approximate surface area is 333 Å². The van der Waals surface area contributed by atoms with Crippen molar-refractivity contribution in [2.75, 3.05) is 26.2 Å². The van der Waals surface area contributed by atoms with E-state index in [9.17, 15) is 14.4 Å². The second-order valence-corrected chi connectivity index (χ2v) is 17.0. The fraction of sp³-hybridized carbons (Fsp3) is 0.558. The van der Waals surface area contributed by atoms with Gasteiger partial charge in [0.25, 0.3) is 11.8 Å². The number of carbonyl (C=O) groups excluding carboxylic acids is 3. The van der Waals surface area contributed by atoms with Gasteiger partial charge >= 0.3 is 6.09 Å². The number of piperidine rings is 2. The van der Waals surface area contributed by atoms with Crippen molar-refractivity contribution in [3.05, 3.63) is 68.5 Å². The van der Waals surface area contributed by atoms with E-state index in [1.165, 1.54) is 29.8 Å². The summed E-state index contributed by atoms with van der Waals surface area (Å²) in [6.45, 7) is 8.30.